The van der Waals surface area contributed by atoms with Gasteiger partial charge in [0.1, 0.15) is 11.4 Å². The maximum absolute atomic E-state index is 13.0. The van der Waals surface area contributed by atoms with Crippen LogP contribution < -0.4 is 60.7 Å². The monoisotopic (exact) mass is 776 g/mol. The van der Waals surface area contributed by atoms with E-state index in [4.69, 9.17) is 20.9 Å². The molecule has 3 fully saturated rings. The summed E-state index contributed by atoms with van der Waals surface area (Å²) in [7, 11) is 0. The third kappa shape index (κ3) is 14.4. The number of aromatic nitrogens is 4. The molecule has 0 spiro atoms. The Morgan fingerprint density at radius 2 is 1.70 bits per heavy atom. The molecule has 1 saturated carbocycles. The van der Waals surface area contributed by atoms with Crippen LogP contribution in [-0.4, -0.2) is 87.4 Å². The van der Waals surface area contributed by atoms with Crippen LogP contribution in [0.1, 0.15) is 65.2 Å². The van der Waals surface area contributed by atoms with Gasteiger partial charge in [0.15, 0.2) is 5.82 Å². The van der Waals surface area contributed by atoms with Crippen molar-refractivity contribution in [3.63, 3.8) is 0 Å². The second kappa shape index (κ2) is 24.1. The summed E-state index contributed by atoms with van der Waals surface area (Å²) >= 11 is 0. The van der Waals surface area contributed by atoms with Gasteiger partial charge in [0.25, 0.3) is 6.47 Å². The van der Waals surface area contributed by atoms with Gasteiger partial charge in [-0.3, -0.25) is 29.4 Å². The van der Waals surface area contributed by atoms with Crippen molar-refractivity contribution in [2.24, 2.45) is 5.73 Å². The molecule has 4 heterocycles. The first kappa shape index (κ1) is 45.7. The number of rotatable bonds is 8. The molecule has 0 bridgehead atoms. The summed E-state index contributed by atoms with van der Waals surface area (Å²) in [5, 5.41) is 14.9. The Hall–Kier alpha value is -4.67. The van der Waals surface area contributed by atoms with Crippen LogP contribution in [0.25, 0.3) is 16.9 Å². The van der Waals surface area contributed by atoms with Crippen molar-refractivity contribution < 1.29 is 58.2 Å². The molecule has 2 saturated heterocycles. The molecule has 0 unspecified atom stereocenters. The molecule has 7 rings (SSSR count). The molecule has 294 valence electrons. The van der Waals surface area contributed by atoms with E-state index in [0.29, 0.717) is 80.2 Å². The number of amides is 3. The van der Waals surface area contributed by atoms with Gasteiger partial charge in [0, 0.05) is 43.3 Å². The number of piperidine rings is 1. The molecule has 4 aromatic rings. The fourth-order valence-electron chi connectivity index (χ4n) is 6.11. The summed E-state index contributed by atoms with van der Waals surface area (Å²) in [6, 6.07) is 20.0. The van der Waals surface area contributed by atoms with E-state index >= 15 is 0 Å². The Morgan fingerprint density at radius 3 is 2.30 bits per heavy atom. The summed E-state index contributed by atoms with van der Waals surface area (Å²) in [6.07, 6.45) is 11.3. The van der Waals surface area contributed by atoms with Crippen molar-refractivity contribution in [1.29, 1.82) is 0 Å². The molecular formula is C40H51N9NaO6-. The number of nitrogens with two attached hydrogens (primary N) is 2. The van der Waals surface area contributed by atoms with Gasteiger partial charge in [-0.05, 0) is 50.1 Å². The molecule has 2 aromatic carbocycles. The summed E-state index contributed by atoms with van der Waals surface area (Å²) in [6.45, 7) is 10.2. The normalized spacial score (nSPS) is 15.7. The van der Waals surface area contributed by atoms with Crippen molar-refractivity contribution >= 4 is 35.7 Å². The van der Waals surface area contributed by atoms with Gasteiger partial charge >= 0.3 is 29.6 Å². The van der Waals surface area contributed by atoms with Gasteiger partial charge in [-0.1, -0.05) is 45.2 Å². The van der Waals surface area contributed by atoms with Gasteiger partial charge in [-0.25, -0.2) is 4.68 Å². The number of hydrogen-bond acceptors (Lipinski definition) is 12. The van der Waals surface area contributed by atoms with E-state index in [9.17, 15) is 19.2 Å². The predicted molar refractivity (Wildman–Crippen MR) is 209 cm³/mol. The Labute approximate surface area is 350 Å². The first-order valence-corrected chi connectivity index (χ1v) is 18.5. The molecule has 1 aliphatic carbocycles. The van der Waals surface area contributed by atoms with Crippen molar-refractivity contribution in [3.8, 4) is 28.4 Å². The zero-order chi connectivity index (χ0) is 39.6. The second-order valence-corrected chi connectivity index (χ2v) is 13.3. The Kier molecular flexibility index (Phi) is 19.7. The number of para-hydroxylation sites is 2. The number of nitrogens with one attached hydrogen (secondary N) is 1. The topological polar surface area (TPSA) is 201 Å². The number of anilines is 2. The number of hydrogen-bond donors (Lipinski definition) is 3. The Balaban J connectivity index is 0.000000311. The van der Waals surface area contributed by atoms with Crippen LogP contribution in [0, 0.1) is 13.0 Å². The standard InChI is InChI=1S/C24H27N7O3.C8H8O.C5H7NO2.C3H9N.Na/c25-24-21(12-20(27-28-24)19-8-4-5-9-22(19)34-16-32)31-14-18(13-26-31)30-11-10-29(15-23(30)33)17-6-2-1-3-7-17;1-2-9-8-6-4-3-5-7-8;7-4-2-1-3-5(8)6-4;1-3(2)4;/h4-5,8-9,12-14,16-17H,1-3,6-7,10-11,15H2,(H2,25,28);3-6H,1-2H2;1-3H2,(H,6,7,8);3H,4H2,1-2H3;/q;-2;;;+1. The van der Waals surface area contributed by atoms with Gasteiger partial charge < -0.3 is 32.8 Å². The first-order chi connectivity index (χ1) is 26.6. The zero-order valence-corrected chi connectivity index (χ0v) is 34.6. The van der Waals surface area contributed by atoms with E-state index in [2.05, 4.69) is 38.5 Å². The van der Waals surface area contributed by atoms with Crippen molar-refractivity contribution in [2.75, 3.05) is 36.9 Å². The number of nitrogens with zero attached hydrogens (tertiary/aromatic N) is 6. The Bertz CT molecular complexity index is 1820. The minimum Gasteiger partial charge on any atom is -0.551 e. The number of ether oxygens (including phenoxy) is 2. The van der Waals surface area contributed by atoms with Crippen molar-refractivity contribution in [3.05, 3.63) is 80.0 Å². The largest absolute Gasteiger partial charge is 1.00 e. The van der Waals surface area contributed by atoms with Crippen LogP contribution in [0.5, 0.6) is 11.5 Å². The van der Waals surface area contributed by atoms with E-state index in [1.807, 2.05) is 44.2 Å². The molecule has 0 atom stereocenters. The number of carbonyl (C=O) groups excluding carboxylic acids is 4. The van der Waals surface area contributed by atoms with Gasteiger partial charge in [0.2, 0.25) is 17.7 Å². The van der Waals surface area contributed by atoms with Crippen LogP contribution in [0.4, 0.5) is 11.5 Å². The number of nitrogen functional groups attached to an aromatic ring is 1. The van der Waals surface area contributed by atoms with Gasteiger partial charge in [-0.15, -0.1) is 22.3 Å². The number of carbonyl (C=O) groups is 4. The summed E-state index contributed by atoms with van der Waals surface area (Å²) in [5.74, 6) is 1.12. The van der Waals surface area contributed by atoms with E-state index in [-0.39, 0.29) is 53.1 Å². The predicted octanol–water partition coefficient (Wildman–Crippen LogP) is 1.30. The fourth-order valence-corrected chi connectivity index (χ4v) is 6.11. The molecule has 5 N–H and O–H groups in total. The average molecular weight is 777 g/mol. The third-order valence-electron chi connectivity index (χ3n) is 8.63. The maximum atomic E-state index is 13.0. The van der Waals surface area contributed by atoms with Crippen molar-refractivity contribution in [1.82, 2.24) is 30.2 Å². The summed E-state index contributed by atoms with van der Waals surface area (Å²) in [4.78, 5) is 48.6. The van der Waals surface area contributed by atoms with Gasteiger partial charge in [0.05, 0.1) is 30.3 Å². The number of imide groups is 1. The third-order valence-corrected chi connectivity index (χ3v) is 8.63. The SMILES string of the molecule is CC(C)N.Nc1nnc(-c2ccccc2OC=O)cc1-n1cc(N2CCN(C3CCCCC3)CC2=O)cn1.O=C1CCCC(=O)N1.[CH2-]COc1[c-]cccc1.[Na+]. The molecule has 3 aliphatic rings. The molecule has 2 aliphatic heterocycles. The van der Waals surface area contributed by atoms with Crippen LogP contribution in [0.15, 0.2) is 67.0 Å². The molecule has 0 radical (unpaired) electrons. The second-order valence-electron chi connectivity index (χ2n) is 13.3. The molecular weight excluding hydrogens is 725 g/mol. The van der Waals surface area contributed by atoms with E-state index < -0.39 is 0 Å². The molecule has 3 amide bonds. The van der Waals surface area contributed by atoms with E-state index in [1.165, 1.54) is 32.1 Å². The molecule has 15 nitrogen and oxygen atoms in total. The molecule has 16 heteroatoms. The number of piperazine rings is 1. The summed E-state index contributed by atoms with van der Waals surface area (Å²) < 4.78 is 11.7. The average Bonchev–Trinajstić information content (AvgIpc) is 3.66. The molecule has 2 aromatic heterocycles. The zero-order valence-electron chi connectivity index (χ0n) is 32.6. The van der Waals surface area contributed by atoms with E-state index in [0.717, 1.165) is 18.0 Å². The summed E-state index contributed by atoms with van der Waals surface area (Å²) in [5.41, 5.74) is 13.5. The smallest absolute Gasteiger partial charge is 0.551 e. The van der Waals surface area contributed by atoms with Crippen LogP contribution in [0.3, 0.4) is 0 Å². The minimum absolute atomic E-state index is 0. The molecule has 56 heavy (non-hydrogen) atoms. The maximum Gasteiger partial charge on any atom is 1.00 e. The first-order valence-electron chi connectivity index (χ1n) is 18.5. The quantitative estimate of drug-likeness (QED) is 0.100. The van der Waals surface area contributed by atoms with Crippen LogP contribution >= 0.6 is 0 Å². The fraction of sp³-hybridized carbons (Fsp3) is 0.400. The Morgan fingerprint density at radius 1 is 1.00 bits per heavy atom. The van der Waals surface area contributed by atoms with Crippen LogP contribution in [0.2, 0.25) is 0 Å². The minimum atomic E-state index is -0.138. The van der Waals surface area contributed by atoms with Crippen molar-refractivity contribution in [2.45, 2.75) is 77.3 Å². The van der Waals surface area contributed by atoms with Gasteiger partial charge in [-0.2, -0.15) is 23.3 Å². The van der Waals surface area contributed by atoms with E-state index in [1.54, 1.807) is 46.2 Å². The van der Waals surface area contributed by atoms with Crippen LogP contribution in [-0.2, 0) is 19.2 Å². The number of benzene rings is 2.